The molecule has 1 N–H and O–H groups in total. The van der Waals surface area contributed by atoms with E-state index in [1.54, 1.807) is 44.2 Å². The van der Waals surface area contributed by atoms with Crippen molar-refractivity contribution >= 4 is 17.6 Å². The molecule has 0 fully saturated rings. The van der Waals surface area contributed by atoms with Crippen LogP contribution in [0.25, 0.3) is 0 Å². The van der Waals surface area contributed by atoms with Gasteiger partial charge in [0.25, 0.3) is 5.91 Å². The van der Waals surface area contributed by atoms with E-state index in [0.717, 1.165) is 11.1 Å². The molecule has 3 rings (SSSR count). The van der Waals surface area contributed by atoms with E-state index in [-0.39, 0.29) is 0 Å². The first kappa shape index (κ1) is 19.4. The highest BCUT2D eigenvalue weighted by Crippen LogP contribution is 2.25. The summed E-state index contributed by atoms with van der Waals surface area (Å²) in [6.45, 7) is 7.31. The van der Waals surface area contributed by atoms with Crippen LogP contribution in [0.2, 0.25) is 0 Å². The second-order valence-electron chi connectivity index (χ2n) is 6.83. The summed E-state index contributed by atoms with van der Waals surface area (Å²) in [7, 11) is 0. The van der Waals surface area contributed by atoms with Gasteiger partial charge in [0.2, 0.25) is 6.10 Å². The van der Waals surface area contributed by atoms with Gasteiger partial charge in [-0.1, -0.05) is 42.5 Å². The Morgan fingerprint density at radius 3 is 2.32 bits per heavy atom. The summed E-state index contributed by atoms with van der Waals surface area (Å²) in [6, 6.07) is 16.4. The van der Waals surface area contributed by atoms with Crippen molar-refractivity contribution in [2.45, 2.75) is 33.8 Å². The van der Waals surface area contributed by atoms with Gasteiger partial charge in [-0.05, 0) is 51.0 Å². The third kappa shape index (κ3) is 4.31. The van der Waals surface area contributed by atoms with Crippen LogP contribution >= 0.6 is 0 Å². The lowest BCUT2D eigenvalue weighted by molar-refractivity contribution is -0.125. The summed E-state index contributed by atoms with van der Waals surface area (Å²) < 4.78 is 11.0. The molecule has 5 nitrogen and oxygen atoms in total. The topological polar surface area (TPSA) is 68.5 Å². The molecule has 1 amide bonds. The number of rotatable bonds is 5. The second-order valence-corrected chi connectivity index (χ2v) is 6.83. The highest BCUT2D eigenvalue weighted by molar-refractivity contribution is 5.98. The molecule has 0 aliphatic carbocycles. The number of nitrogens with one attached hydrogen (secondary N) is 1. The van der Waals surface area contributed by atoms with Crippen molar-refractivity contribution in [3.8, 4) is 0 Å². The maximum Gasteiger partial charge on any atom is 0.342 e. The van der Waals surface area contributed by atoms with Crippen LogP contribution in [-0.2, 0) is 9.53 Å². The molecule has 1 aromatic heterocycles. The van der Waals surface area contributed by atoms with Crippen molar-refractivity contribution < 1.29 is 18.7 Å². The predicted molar refractivity (Wildman–Crippen MR) is 107 cm³/mol. The van der Waals surface area contributed by atoms with Crippen LogP contribution in [0.3, 0.4) is 0 Å². The minimum Gasteiger partial charge on any atom is -0.466 e. The largest absolute Gasteiger partial charge is 0.466 e. The molecule has 1 atom stereocenters. The van der Waals surface area contributed by atoms with Gasteiger partial charge in [0.1, 0.15) is 17.1 Å². The molecule has 1 heterocycles. The van der Waals surface area contributed by atoms with Crippen LogP contribution in [0.15, 0.2) is 59.0 Å². The number of esters is 1. The van der Waals surface area contributed by atoms with E-state index in [1.807, 2.05) is 38.1 Å². The minimum atomic E-state index is -1.08. The highest BCUT2D eigenvalue weighted by atomic mass is 16.5. The Morgan fingerprint density at radius 2 is 1.68 bits per heavy atom. The van der Waals surface area contributed by atoms with Gasteiger partial charge >= 0.3 is 5.97 Å². The maximum absolute atomic E-state index is 13.0. The van der Waals surface area contributed by atoms with Gasteiger partial charge in [-0.3, -0.25) is 4.79 Å². The smallest absolute Gasteiger partial charge is 0.342 e. The first-order valence-electron chi connectivity index (χ1n) is 9.06. The number of hydrogen-bond donors (Lipinski definition) is 1. The van der Waals surface area contributed by atoms with E-state index in [9.17, 15) is 9.59 Å². The summed E-state index contributed by atoms with van der Waals surface area (Å²) in [5.74, 6) is 0.0650. The monoisotopic (exact) mass is 377 g/mol. The first-order chi connectivity index (χ1) is 13.3. The van der Waals surface area contributed by atoms with Crippen LogP contribution in [0, 0.1) is 27.7 Å². The summed E-state index contributed by atoms with van der Waals surface area (Å²) in [5, 5.41) is 2.89. The van der Waals surface area contributed by atoms with Gasteiger partial charge in [-0.15, -0.1) is 0 Å². The molecule has 28 heavy (non-hydrogen) atoms. The molecule has 0 radical (unpaired) electrons. The molecule has 0 saturated carbocycles. The molecule has 0 spiro atoms. The van der Waals surface area contributed by atoms with Gasteiger partial charge in [0.15, 0.2) is 0 Å². The van der Waals surface area contributed by atoms with Crippen molar-refractivity contribution in [3.05, 3.63) is 88.4 Å². The minimum absolute atomic E-state index is 0.318. The van der Waals surface area contributed by atoms with E-state index in [0.29, 0.717) is 28.3 Å². The molecule has 0 saturated heterocycles. The molecule has 0 bridgehead atoms. The zero-order valence-electron chi connectivity index (χ0n) is 16.4. The SMILES string of the molecule is Cc1ccc(C)c(NC(=O)[C@@H](OC(=O)c2cc(C)oc2C)c2ccccc2)c1. The standard InChI is InChI=1S/C23H23NO4/c1-14-10-11-15(2)20(12-14)24-22(25)21(18-8-6-5-7-9-18)28-23(26)19-13-16(3)27-17(19)4/h5-13,21H,1-4H3,(H,24,25)/t21-/m0/s1. The van der Waals surface area contributed by atoms with E-state index in [4.69, 9.17) is 9.15 Å². The van der Waals surface area contributed by atoms with Crippen molar-refractivity contribution in [2.75, 3.05) is 5.32 Å². The Balaban J connectivity index is 1.89. The van der Waals surface area contributed by atoms with Gasteiger partial charge in [-0.25, -0.2) is 4.79 Å². The number of aryl methyl sites for hydroxylation is 4. The van der Waals surface area contributed by atoms with E-state index >= 15 is 0 Å². The zero-order chi connectivity index (χ0) is 20.3. The fourth-order valence-corrected chi connectivity index (χ4v) is 2.97. The second kappa shape index (κ2) is 8.13. The Labute approximate surface area is 164 Å². The molecular weight excluding hydrogens is 354 g/mol. The maximum atomic E-state index is 13.0. The fraction of sp³-hybridized carbons (Fsp3) is 0.217. The highest BCUT2D eigenvalue weighted by Gasteiger charge is 2.27. The molecule has 2 aromatic carbocycles. The Morgan fingerprint density at radius 1 is 0.964 bits per heavy atom. The van der Waals surface area contributed by atoms with Gasteiger partial charge < -0.3 is 14.5 Å². The number of carbonyl (C=O) groups excluding carboxylic acids is 2. The Bertz CT molecular complexity index is 1000. The van der Waals surface area contributed by atoms with Crippen molar-refractivity contribution in [1.82, 2.24) is 0 Å². The zero-order valence-corrected chi connectivity index (χ0v) is 16.4. The van der Waals surface area contributed by atoms with Crippen LogP contribution in [0.4, 0.5) is 5.69 Å². The summed E-state index contributed by atoms with van der Waals surface area (Å²) in [6.07, 6.45) is -1.08. The Kier molecular flexibility index (Phi) is 5.64. The molecular formula is C23H23NO4. The average molecular weight is 377 g/mol. The van der Waals surface area contributed by atoms with Crippen molar-refractivity contribution in [1.29, 1.82) is 0 Å². The van der Waals surface area contributed by atoms with Gasteiger partial charge in [-0.2, -0.15) is 0 Å². The molecule has 144 valence electrons. The van der Waals surface area contributed by atoms with Crippen LogP contribution < -0.4 is 5.32 Å². The predicted octanol–water partition coefficient (Wildman–Crippen LogP) is 5.05. The lowest BCUT2D eigenvalue weighted by atomic mass is 10.1. The van der Waals surface area contributed by atoms with Crippen LogP contribution in [0.5, 0.6) is 0 Å². The summed E-state index contributed by atoms with van der Waals surface area (Å²) in [4.78, 5) is 25.7. The molecule has 3 aromatic rings. The first-order valence-corrected chi connectivity index (χ1v) is 9.06. The summed E-state index contributed by atoms with van der Waals surface area (Å²) in [5.41, 5.74) is 3.56. The number of hydrogen-bond acceptors (Lipinski definition) is 4. The van der Waals surface area contributed by atoms with Crippen molar-refractivity contribution in [2.24, 2.45) is 0 Å². The van der Waals surface area contributed by atoms with E-state index in [1.165, 1.54) is 0 Å². The third-order valence-electron chi connectivity index (χ3n) is 4.48. The van der Waals surface area contributed by atoms with Gasteiger partial charge in [0.05, 0.1) is 0 Å². The average Bonchev–Trinajstić information content (AvgIpc) is 3.01. The number of carbonyl (C=O) groups is 2. The number of anilines is 1. The van der Waals surface area contributed by atoms with E-state index in [2.05, 4.69) is 5.32 Å². The van der Waals surface area contributed by atoms with Gasteiger partial charge in [0, 0.05) is 11.3 Å². The number of ether oxygens (including phenoxy) is 1. The fourth-order valence-electron chi connectivity index (χ4n) is 2.97. The molecule has 0 unspecified atom stereocenters. The lowest BCUT2D eigenvalue weighted by Gasteiger charge is -2.19. The van der Waals surface area contributed by atoms with Crippen LogP contribution in [0.1, 0.15) is 44.7 Å². The summed E-state index contributed by atoms with van der Waals surface area (Å²) >= 11 is 0. The molecule has 0 aliphatic heterocycles. The van der Waals surface area contributed by atoms with Crippen molar-refractivity contribution in [3.63, 3.8) is 0 Å². The number of furan rings is 1. The molecule has 0 aliphatic rings. The lowest BCUT2D eigenvalue weighted by Crippen LogP contribution is -2.26. The third-order valence-corrected chi connectivity index (χ3v) is 4.48. The quantitative estimate of drug-likeness (QED) is 0.632. The Hall–Kier alpha value is -3.34. The number of benzene rings is 2. The van der Waals surface area contributed by atoms with Crippen LogP contribution in [-0.4, -0.2) is 11.9 Å². The van der Waals surface area contributed by atoms with E-state index < -0.39 is 18.0 Å². The molecule has 5 heteroatoms. The normalized spacial score (nSPS) is 11.7. The number of amides is 1.